The van der Waals surface area contributed by atoms with Gasteiger partial charge in [0.2, 0.25) is 0 Å². The van der Waals surface area contributed by atoms with E-state index in [9.17, 15) is 9.59 Å². The predicted octanol–water partition coefficient (Wildman–Crippen LogP) is -0.250. The van der Waals surface area contributed by atoms with Gasteiger partial charge in [0.25, 0.3) is 5.56 Å². The SMILES string of the molecule is C=CCCNCc1cc(=O)n(C)c(=O)n1C. The van der Waals surface area contributed by atoms with Gasteiger partial charge in [-0.2, -0.15) is 0 Å². The van der Waals surface area contributed by atoms with Crippen LogP contribution in [0.25, 0.3) is 0 Å². The van der Waals surface area contributed by atoms with E-state index in [0.29, 0.717) is 12.2 Å². The highest BCUT2D eigenvalue weighted by Gasteiger charge is 2.04. The quantitative estimate of drug-likeness (QED) is 0.553. The summed E-state index contributed by atoms with van der Waals surface area (Å²) in [6, 6.07) is 1.47. The molecule has 0 bridgehead atoms. The molecule has 5 heteroatoms. The summed E-state index contributed by atoms with van der Waals surface area (Å²) in [6.45, 7) is 4.91. The predicted molar refractivity (Wildman–Crippen MR) is 63.4 cm³/mol. The molecule has 0 aliphatic heterocycles. The van der Waals surface area contributed by atoms with E-state index in [1.165, 1.54) is 17.7 Å². The fourth-order valence-electron chi connectivity index (χ4n) is 1.37. The molecule has 0 amide bonds. The van der Waals surface area contributed by atoms with Gasteiger partial charge in [-0.25, -0.2) is 4.79 Å². The van der Waals surface area contributed by atoms with Crippen molar-refractivity contribution in [3.63, 3.8) is 0 Å². The van der Waals surface area contributed by atoms with Crippen LogP contribution in [0.15, 0.2) is 28.3 Å². The van der Waals surface area contributed by atoms with Gasteiger partial charge in [0.15, 0.2) is 0 Å². The number of aromatic nitrogens is 2. The second-order valence-corrected chi connectivity index (χ2v) is 3.63. The molecule has 0 aliphatic rings. The Hall–Kier alpha value is -1.62. The first-order valence-electron chi connectivity index (χ1n) is 5.15. The average Bonchev–Trinajstić information content (AvgIpc) is 2.28. The van der Waals surface area contributed by atoms with Gasteiger partial charge in [-0.05, 0) is 13.0 Å². The summed E-state index contributed by atoms with van der Waals surface area (Å²) in [7, 11) is 3.13. The van der Waals surface area contributed by atoms with E-state index in [1.54, 1.807) is 7.05 Å². The molecular weight excluding hydrogens is 206 g/mol. The average molecular weight is 223 g/mol. The fraction of sp³-hybridized carbons (Fsp3) is 0.455. The first-order chi connectivity index (χ1) is 7.57. The summed E-state index contributed by atoms with van der Waals surface area (Å²) in [5.74, 6) is 0. The lowest BCUT2D eigenvalue weighted by Crippen LogP contribution is -2.39. The Kier molecular flexibility index (Phi) is 4.25. The molecule has 0 unspecified atom stereocenters. The maximum absolute atomic E-state index is 11.6. The minimum absolute atomic E-state index is 0.274. The number of hydrogen-bond donors (Lipinski definition) is 1. The zero-order chi connectivity index (χ0) is 12.1. The molecule has 1 heterocycles. The van der Waals surface area contributed by atoms with E-state index in [-0.39, 0.29) is 11.2 Å². The van der Waals surface area contributed by atoms with E-state index < -0.39 is 0 Å². The molecule has 16 heavy (non-hydrogen) atoms. The fourth-order valence-corrected chi connectivity index (χ4v) is 1.37. The maximum atomic E-state index is 11.6. The lowest BCUT2D eigenvalue weighted by Gasteiger charge is -2.09. The van der Waals surface area contributed by atoms with Gasteiger partial charge in [-0.15, -0.1) is 6.58 Å². The van der Waals surface area contributed by atoms with Gasteiger partial charge in [0.05, 0.1) is 0 Å². The van der Waals surface area contributed by atoms with Gasteiger partial charge >= 0.3 is 5.69 Å². The Balaban J connectivity index is 2.85. The van der Waals surface area contributed by atoms with Crippen molar-refractivity contribution in [3.8, 4) is 0 Å². The Bertz CT molecular complexity index is 485. The van der Waals surface area contributed by atoms with Crippen LogP contribution in [0.4, 0.5) is 0 Å². The number of nitrogens with one attached hydrogen (secondary N) is 1. The molecule has 0 aliphatic carbocycles. The van der Waals surface area contributed by atoms with Crippen LogP contribution in [-0.4, -0.2) is 15.7 Å². The molecular formula is C11H17N3O2. The molecule has 0 saturated heterocycles. The van der Waals surface area contributed by atoms with Crippen molar-refractivity contribution >= 4 is 0 Å². The largest absolute Gasteiger partial charge is 0.330 e. The molecule has 1 aromatic heterocycles. The van der Waals surface area contributed by atoms with E-state index >= 15 is 0 Å². The molecule has 0 fully saturated rings. The van der Waals surface area contributed by atoms with Crippen molar-refractivity contribution in [1.82, 2.24) is 14.5 Å². The monoisotopic (exact) mass is 223 g/mol. The van der Waals surface area contributed by atoms with Crippen LogP contribution in [-0.2, 0) is 20.6 Å². The smallest absolute Gasteiger partial charge is 0.311 e. The normalized spacial score (nSPS) is 10.4. The van der Waals surface area contributed by atoms with E-state index in [4.69, 9.17) is 0 Å². The van der Waals surface area contributed by atoms with Gasteiger partial charge in [-0.3, -0.25) is 13.9 Å². The molecule has 0 saturated carbocycles. The highest BCUT2D eigenvalue weighted by molar-refractivity contribution is 5.01. The summed E-state index contributed by atoms with van der Waals surface area (Å²) >= 11 is 0. The summed E-state index contributed by atoms with van der Waals surface area (Å²) in [4.78, 5) is 23.0. The Labute approximate surface area is 94.0 Å². The molecule has 0 radical (unpaired) electrons. The van der Waals surface area contributed by atoms with Crippen LogP contribution in [0.2, 0.25) is 0 Å². The Morgan fingerprint density at radius 2 is 2.06 bits per heavy atom. The van der Waals surface area contributed by atoms with Crippen molar-refractivity contribution in [2.24, 2.45) is 14.1 Å². The second kappa shape index (κ2) is 5.46. The van der Waals surface area contributed by atoms with E-state index in [1.807, 2.05) is 6.08 Å². The van der Waals surface area contributed by atoms with Gasteiger partial charge in [0.1, 0.15) is 0 Å². The lowest BCUT2D eigenvalue weighted by atomic mass is 10.3. The number of nitrogens with zero attached hydrogens (tertiary/aromatic N) is 2. The van der Waals surface area contributed by atoms with Crippen molar-refractivity contribution in [2.75, 3.05) is 6.54 Å². The zero-order valence-corrected chi connectivity index (χ0v) is 9.69. The molecule has 5 nitrogen and oxygen atoms in total. The van der Waals surface area contributed by atoms with Crippen LogP contribution >= 0.6 is 0 Å². The van der Waals surface area contributed by atoms with Crippen LogP contribution < -0.4 is 16.6 Å². The summed E-state index contributed by atoms with van der Waals surface area (Å²) in [5.41, 5.74) is 0.119. The molecule has 0 spiro atoms. The first-order valence-corrected chi connectivity index (χ1v) is 5.15. The maximum Gasteiger partial charge on any atom is 0.330 e. The third-order valence-electron chi connectivity index (χ3n) is 2.46. The molecule has 1 rings (SSSR count). The topological polar surface area (TPSA) is 56.0 Å². The number of hydrogen-bond acceptors (Lipinski definition) is 3. The zero-order valence-electron chi connectivity index (χ0n) is 9.69. The van der Waals surface area contributed by atoms with Crippen molar-refractivity contribution in [2.45, 2.75) is 13.0 Å². The third kappa shape index (κ3) is 2.70. The van der Waals surface area contributed by atoms with Crippen molar-refractivity contribution < 1.29 is 0 Å². The van der Waals surface area contributed by atoms with Gasteiger partial charge < -0.3 is 5.32 Å². The van der Waals surface area contributed by atoms with Gasteiger partial charge in [0, 0.05) is 32.4 Å². The molecule has 1 aromatic rings. The second-order valence-electron chi connectivity index (χ2n) is 3.63. The Morgan fingerprint density at radius 1 is 1.38 bits per heavy atom. The highest BCUT2D eigenvalue weighted by atomic mass is 16.2. The molecule has 0 atom stereocenters. The highest BCUT2D eigenvalue weighted by Crippen LogP contribution is 1.90. The van der Waals surface area contributed by atoms with Crippen molar-refractivity contribution in [3.05, 3.63) is 45.3 Å². The summed E-state index contributed by atoms with van der Waals surface area (Å²) in [5, 5.41) is 3.14. The van der Waals surface area contributed by atoms with Crippen LogP contribution in [0.3, 0.4) is 0 Å². The van der Waals surface area contributed by atoms with Gasteiger partial charge in [-0.1, -0.05) is 6.08 Å². The summed E-state index contributed by atoms with van der Waals surface area (Å²) in [6.07, 6.45) is 2.68. The minimum atomic E-state index is -0.298. The Morgan fingerprint density at radius 3 is 2.69 bits per heavy atom. The van der Waals surface area contributed by atoms with E-state index in [2.05, 4.69) is 11.9 Å². The molecule has 88 valence electrons. The van der Waals surface area contributed by atoms with Crippen LogP contribution in [0, 0.1) is 0 Å². The van der Waals surface area contributed by atoms with Crippen LogP contribution in [0.5, 0.6) is 0 Å². The standard InChI is InChI=1S/C11H17N3O2/c1-4-5-6-12-8-9-7-10(15)14(3)11(16)13(9)2/h4,7,12H,1,5-6,8H2,2-3H3. The van der Waals surface area contributed by atoms with Crippen LogP contribution in [0.1, 0.15) is 12.1 Å². The lowest BCUT2D eigenvalue weighted by molar-refractivity contribution is 0.603. The van der Waals surface area contributed by atoms with Crippen molar-refractivity contribution in [1.29, 1.82) is 0 Å². The minimum Gasteiger partial charge on any atom is -0.311 e. The van der Waals surface area contributed by atoms with E-state index in [0.717, 1.165) is 17.5 Å². The molecule has 1 N–H and O–H groups in total. The third-order valence-corrected chi connectivity index (χ3v) is 2.46. The first kappa shape index (κ1) is 12.4. The number of rotatable bonds is 5. The molecule has 0 aromatic carbocycles. The summed E-state index contributed by atoms with van der Waals surface area (Å²) < 4.78 is 2.57.